The molecule has 3 rings (SSSR count). The van der Waals surface area contributed by atoms with Gasteiger partial charge in [-0.2, -0.15) is 5.10 Å². The second kappa shape index (κ2) is 9.87. The Bertz CT molecular complexity index is 882. The lowest BCUT2D eigenvalue weighted by molar-refractivity contribution is -0.132. The van der Waals surface area contributed by atoms with Crippen molar-refractivity contribution in [2.75, 3.05) is 52.4 Å². The minimum atomic E-state index is -0.444. The van der Waals surface area contributed by atoms with Crippen molar-refractivity contribution in [2.45, 2.75) is 6.92 Å². The molecule has 0 amide bonds. The number of ether oxygens (including phenoxy) is 4. The first-order chi connectivity index (χ1) is 14.5. The molecule has 0 aliphatic carbocycles. The predicted molar refractivity (Wildman–Crippen MR) is 115 cm³/mol. The SMILES string of the molecule is COc1ccccc1N1CCN(N=Cc2cc(OC)c(OC(C)=O)c(OC)c2)CC1. The lowest BCUT2D eigenvalue weighted by Gasteiger charge is -2.35. The number of anilines is 1. The quantitative estimate of drug-likeness (QED) is 0.393. The average molecular weight is 413 g/mol. The molecule has 1 heterocycles. The number of hydrogen-bond acceptors (Lipinski definition) is 8. The van der Waals surface area contributed by atoms with E-state index in [1.165, 1.54) is 21.1 Å². The molecule has 0 saturated carbocycles. The van der Waals surface area contributed by atoms with E-state index in [4.69, 9.17) is 18.9 Å². The van der Waals surface area contributed by atoms with Crippen molar-refractivity contribution in [3.63, 3.8) is 0 Å². The van der Waals surface area contributed by atoms with Crippen LogP contribution in [-0.4, -0.2) is 64.7 Å². The van der Waals surface area contributed by atoms with E-state index in [9.17, 15) is 4.79 Å². The van der Waals surface area contributed by atoms with Gasteiger partial charge in [-0.15, -0.1) is 0 Å². The highest BCUT2D eigenvalue weighted by Gasteiger charge is 2.19. The van der Waals surface area contributed by atoms with Crippen molar-refractivity contribution in [3.8, 4) is 23.0 Å². The van der Waals surface area contributed by atoms with Crippen molar-refractivity contribution in [1.82, 2.24) is 5.01 Å². The second-order valence-corrected chi connectivity index (χ2v) is 6.71. The fourth-order valence-corrected chi connectivity index (χ4v) is 3.31. The van der Waals surface area contributed by atoms with Gasteiger partial charge in [0.25, 0.3) is 0 Å². The Labute approximate surface area is 176 Å². The van der Waals surface area contributed by atoms with Gasteiger partial charge >= 0.3 is 5.97 Å². The third-order valence-corrected chi connectivity index (χ3v) is 4.78. The maximum absolute atomic E-state index is 11.4. The van der Waals surface area contributed by atoms with Crippen LogP contribution in [-0.2, 0) is 4.79 Å². The number of piperazine rings is 1. The van der Waals surface area contributed by atoms with E-state index < -0.39 is 5.97 Å². The summed E-state index contributed by atoms with van der Waals surface area (Å²) in [5.41, 5.74) is 1.88. The van der Waals surface area contributed by atoms with Gasteiger partial charge in [-0.25, -0.2) is 0 Å². The van der Waals surface area contributed by atoms with Crippen molar-refractivity contribution in [2.24, 2.45) is 5.10 Å². The molecule has 0 unspecified atom stereocenters. The van der Waals surface area contributed by atoms with Crippen LogP contribution in [0.15, 0.2) is 41.5 Å². The summed E-state index contributed by atoms with van der Waals surface area (Å²) in [7, 11) is 4.72. The summed E-state index contributed by atoms with van der Waals surface area (Å²) in [4.78, 5) is 13.7. The maximum atomic E-state index is 11.4. The van der Waals surface area contributed by atoms with Gasteiger partial charge in [0.15, 0.2) is 11.5 Å². The number of benzene rings is 2. The first kappa shape index (κ1) is 21.3. The zero-order chi connectivity index (χ0) is 21.5. The van der Waals surface area contributed by atoms with Crippen molar-refractivity contribution < 1.29 is 23.7 Å². The largest absolute Gasteiger partial charge is 0.495 e. The number of methoxy groups -OCH3 is 3. The number of hydrazone groups is 1. The predicted octanol–water partition coefficient (Wildman–Crippen LogP) is 2.79. The van der Waals surface area contributed by atoms with E-state index in [2.05, 4.69) is 16.1 Å². The smallest absolute Gasteiger partial charge is 0.308 e. The van der Waals surface area contributed by atoms with Gasteiger partial charge in [0.1, 0.15) is 5.75 Å². The molecule has 160 valence electrons. The molecule has 8 nitrogen and oxygen atoms in total. The van der Waals surface area contributed by atoms with Gasteiger partial charge in [-0.3, -0.25) is 9.80 Å². The van der Waals surface area contributed by atoms with Crippen LogP contribution in [0.4, 0.5) is 5.69 Å². The minimum Gasteiger partial charge on any atom is -0.495 e. The Morgan fingerprint density at radius 3 is 2.10 bits per heavy atom. The van der Waals surface area contributed by atoms with Crippen LogP contribution in [0.5, 0.6) is 23.0 Å². The summed E-state index contributed by atoms with van der Waals surface area (Å²) in [6.45, 7) is 4.59. The summed E-state index contributed by atoms with van der Waals surface area (Å²) in [5, 5.41) is 6.62. The fourth-order valence-electron chi connectivity index (χ4n) is 3.31. The standard InChI is InChI=1S/C22H27N3O5/c1-16(26)30-22-20(28-3)13-17(14-21(22)29-4)15-23-25-11-9-24(10-12-25)18-7-5-6-8-19(18)27-2/h5-8,13-15H,9-12H2,1-4H3. The van der Waals surface area contributed by atoms with Crippen LogP contribution in [0.2, 0.25) is 0 Å². The summed E-state index contributed by atoms with van der Waals surface area (Å²) < 4.78 is 21.4. The molecular formula is C22H27N3O5. The third-order valence-electron chi connectivity index (χ3n) is 4.78. The van der Waals surface area contributed by atoms with Gasteiger partial charge in [-0.05, 0) is 24.3 Å². The van der Waals surface area contributed by atoms with Crippen LogP contribution in [0.1, 0.15) is 12.5 Å². The Morgan fingerprint density at radius 2 is 1.53 bits per heavy atom. The van der Waals surface area contributed by atoms with Gasteiger partial charge in [-0.1, -0.05) is 12.1 Å². The van der Waals surface area contributed by atoms with Gasteiger partial charge < -0.3 is 23.8 Å². The molecule has 0 bridgehead atoms. The molecule has 1 aliphatic rings. The topological polar surface area (TPSA) is 72.8 Å². The van der Waals surface area contributed by atoms with Crippen LogP contribution in [0, 0.1) is 0 Å². The number of esters is 1. The number of nitrogens with zero attached hydrogens (tertiary/aromatic N) is 3. The van der Waals surface area contributed by atoms with Gasteiger partial charge in [0.05, 0.1) is 46.3 Å². The van der Waals surface area contributed by atoms with E-state index in [0.29, 0.717) is 11.5 Å². The molecule has 30 heavy (non-hydrogen) atoms. The molecule has 0 atom stereocenters. The molecular weight excluding hydrogens is 386 g/mol. The van der Waals surface area contributed by atoms with E-state index in [0.717, 1.165) is 43.2 Å². The van der Waals surface area contributed by atoms with E-state index in [-0.39, 0.29) is 5.75 Å². The minimum absolute atomic E-state index is 0.259. The van der Waals surface area contributed by atoms with E-state index in [1.807, 2.05) is 23.2 Å². The Morgan fingerprint density at radius 1 is 0.933 bits per heavy atom. The molecule has 1 saturated heterocycles. The van der Waals surface area contributed by atoms with Crippen molar-refractivity contribution in [3.05, 3.63) is 42.0 Å². The highest BCUT2D eigenvalue weighted by molar-refractivity contribution is 5.83. The highest BCUT2D eigenvalue weighted by Crippen LogP contribution is 2.38. The van der Waals surface area contributed by atoms with Crippen molar-refractivity contribution in [1.29, 1.82) is 0 Å². The molecule has 2 aromatic carbocycles. The van der Waals surface area contributed by atoms with Crippen LogP contribution in [0.25, 0.3) is 0 Å². The van der Waals surface area contributed by atoms with Crippen LogP contribution < -0.4 is 23.8 Å². The monoisotopic (exact) mass is 413 g/mol. The Hall–Kier alpha value is -3.42. The average Bonchev–Trinajstić information content (AvgIpc) is 2.78. The Kier molecular flexibility index (Phi) is 7.00. The first-order valence-electron chi connectivity index (χ1n) is 9.67. The molecule has 0 radical (unpaired) electrons. The lowest BCUT2D eigenvalue weighted by atomic mass is 10.2. The molecule has 8 heteroatoms. The zero-order valence-electron chi connectivity index (χ0n) is 17.8. The number of carbonyl (C=O) groups excluding carboxylic acids is 1. The molecule has 2 aromatic rings. The molecule has 0 aromatic heterocycles. The van der Waals surface area contributed by atoms with Crippen molar-refractivity contribution >= 4 is 17.9 Å². The molecule has 0 spiro atoms. The maximum Gasteiger partial charge on any atom is 0.308 e. The number of rotatable bonds is 7. The number of para-hydroxylation sites is 2. The fraction of sp³-hybridized carbons (Fsp3) is 0.364. The zero-order valence-corrected chi connectivity index (χ0v) is 17.8. The number of carbonyl (C=O) groups is 1. The second-order valence-electron chi connectivity index (χ2n) is 6.71. The third kappa shape index (κ3) is 4.94. The first-order valence-corrected chi connectivity index (χ1v) is 9.67. The molecule has 1 aliphatic heterocycles. The normalized spacial score (nSPS) is 14.0. The Balaban J connectivity index is 1.69. The van der Waals surface area contributed by atoms with Gasteiger partial charge in [0.2, 0.25) is 5.75 Å². The van der Waals surface area contributed by atoms with Gasteiger partial charge in [0, 0.05) is 25.6 Å². The van der Waals surface area contributed by atoms with E-state index in [1.54, 1.807) is 25.5 Å². The lowest BCUT2D eigenvalue weighted by Crippen LogP contribution is -2.44. The molecule has 0 N–H and O–H groups in total. The summed E-state index contributed by atoms with van der Waals surface area (Å²) in [6.07, 6.45) is 1.75. The van der Waals surface area contributed by atoms with E-state index >= 15 is 0 Å². The summed E-state index contributed by atoms with van der Waals surface area (Å²) in [5.74, 6) is 1.51. The number of hydrogen-bond donors (Lipinski definition) is 0. The summed E-state index contributed by atoms with van der Waals surface area (Å²) >= 11 is 0. The van der Waals surface area contributed by atoms with Crippen LogP contribution in [0.3, 0.4) is 0 Å². The highest BCUT2D eigenvalue weighted by atomic mass is 16.6. The summed E-state index contributed by atoms with van der Waals surface area (Å²) in [6, 6.07) is 11.5. The molecule has 1 fully saturated rings. The van der Waals surface area contributed by atoms with Crippen LogP contribution >= 0.6 is 0 Å².